The number of aliphatic imine (C=N–C) groups is 1. The summed E-state index contributed by atoms with van der Waals surface area (Å²) in [6, 6.07) is 8.12. The van der Waals surface area contributed by atoms with Crippen LogP contribution in [0.1, 0.15) is 37.7 Å². The minimum absolute atomic E-state index is 0.304. The van der Waals surface area contributed by atoms with Crippen molar-refractivity contribution in [1.29, 1.82) is 0 Å². The van der Waals surface area contributed by atoms with E-state index in [2.05, 4.69) is 4.99 Å². The van der Waals surface area contributed by atoms with Crippen molar-refractivity contribution < 1.29 is 9.53 Å². The first-order valence-corrected chi connectivity index (χ1v) is 8.42. The maximum atomic E-state index is 10.6. The summed E-state index contributed by atoms with van der Waals surface area (Å²) in [6.07, 6.45) is 7.37. The lowest BCUT2D eigenvalue weighted by molar-refractivity contribution is 0.192. The molecular weight excluding hydrogens is 270 g/mol. The van der Waals surface area contributed by atoms with Crippen molar-refractivity contribution in [2.24, 2.45) is 4.99 Å². The monoisotopic (exact) mass is 289 g/mol. The summed E-state index contributed by atoms with van der Waals surface area (Å²) in [6.45, 7) is 0. The zero-order chi connectivity index (χ0) is 13.8. The van der Waals surface area contributed by atoms with Gasteiger partial charge in [-0.05, 0) is 61.3 Å². The Morgan fingerprint density at radius 2 is 1.90 bits per heavy atom. The molecule has 3 rings (SSSR count). The lowest BCUT2D eigenvalue weighted by Gasteiger charge is -2.37. The van der Waals surface area contributed by atoms with E-state index in [1.807, 2.05) is 36.0 Å². The molecule has 106 valence electrons. The molecule has 3 nitrogen and oxygen atoms in total. The van der Waals surface area contributed by atoms with E-state index in [0.717, 1.165) is 43.4 Å². The Balaban J connectivity index is 1.69. The number of ether oxygens (including phenoxy) is 1. The minimum atomic E-state index is -0.304. The molecule has 1 aliphatic carbocycles. The Hall–Kier alpha value is -1.25. The first kappa shape index (κ1) is 13.7. The van der Waals surface area contributed by atoms with Gasteiger partial charge in [-0.15, -0.1) is 0 Å². The minimum Gasteiger partial charge on any atom is -0.490 e. The molecule has 0 radical (unpaired) electrons. The molecule has 0 N–H and O–H groups in total. The van der Waals surface area contributed by atoms with Crippen LogP contribution >= 0.6 is 11.8 Å². The van der Waals surface area contributed by atoms with Crippen LogP contribution in [0.5, 0.6) is 5.75 Å². The molecule has 0 amide bonds. The average Bonchev–Trinajstić information content (AvgIpc) is 2.45. The van der Waals surface area contributed by atoms with E-state index >= 15 is 0 Å². The van der Waals surface area contributed by atoms with Crippen LogP contribution in [0, 0.1) is 0 Å². The van der Waals surface area contributed by atoms with Crippen molar-refractivity contribution in [2.45, 2.75) is 43.7 Å². The van der Waals surface area contributed by atoms with Gasteiger partial charge in [0.1, 0.15) is 11.9 Å². The van der Waals surface area contributed by atoms with Crippen molar-refractivity contribution >= 4 is 17.8 Å². The first-order valence-electron chi connectivity index (χ1n) is 7.26. The standard InChI is InChI=1S/C16H19NO2S/c18-12-17-16(8-1-9-16)13-2-4-14(5-3-13)19-15-6-10-20-11-7-15/h2-5,15H,1,6-11H2. The fraction of sp³-hybridized carbons (Fsp3) is 0.562. The Kier molecular flexibility index (Phi) is 4.13. The Morgan fingerprint density at radius 3 is 2.45 bits per heavy atom. The second-order valence-electron chi connectivity index (χ2n) is 5.54. The van der Waals surface area contributed by atoms with Crippen LogP contribution in [0.4, 0.5) is 0 Å². The van der Waals surface area contributed by atoms with Gasteiger partial charge in [0.25, 0.3) is 0 Å². The summed E-state index contributed by atoms with van der Waals surface area (Å²) in [5.74, 6) is 3.31. The predicted molar refractivity (Wildman–Crippen MR) is 81.1 cm³/mol. The number of hydrogen-bond acceptors (Lipinski definition) is 4. The van der Waals surface area contributed by atoms with Gasteiger partial charge < -0.3 is 4.74 Å². The topological polar surface area (TPSA) is 38.7 Å². The van der Waals surface area contributed by atoms with Gasteiger partial charge in [0.05, 0.1) is 5.54 Å². The summed E-state index contributed by atoms with van der Waals surface area (Å²) in [4.78, 5) is 14.6. The highest BCUT2D eigenvalue weighted by molar-refractivity contribution is 7.99. The summed E-state index contributed by atoms with van der Waals surface area (Å²) < 4.78 is 6.01. The van der Waals surface area contributed by atoms with Crippen LogP contribution in [0.25, 0.3) is 0 Å². The molecule has 1 saturated carbocycles. The molecule has 0 atom stereocenters. The zero-order valence-corrected chi connectivity index (χ0v) is 12.3. The lowest BCUT2D eigenvalue weighted by atomic mass is 9.72. The molecule has 0 bridgehead atoms. The third kappa shape index (κ3) is 2.77. The van der Waals surface area contributed by atoms with E-state index in [-0.39, 0.29) is 5.54 Å². The van der Waals surface area contributed by atoms with Crippen molar-refractivity contribution in [3.63, 3.8) is 0 Å². The van der Waals surface area contributed by atoms with Crippen LogP contribution < -0.4 is 4.74 Å². The number of rotatable bonds is 4. The van der Waals surface area contributed by atoms with Gasteiger partial charge in [0.15, 0.2) is 0 Å². The molecule has 2 fully saturated rings. The normalized spacial score (nSPS) is 21.6. The number of hydrogen-bond donors (Lipinski definition) is 0. The molecule has 1 aromatic rings. The third-order valence-electron chi connectivity index (χ3n) is 4.30. The van der Waals surface area contributed by atoms with E-state index in [1.165, 1.54) is 11.5 Å². The fourth-order valence-electron chi connectivity index (χ4n) is 2.89. The fourth-order valence-corrected chi connectivity index (χ4v) is 3.96. The average molecular weight is 289 g/mol. The summed E-state index contributed by atoms with van der Waals surface area (Å²) >= 11 is 2.00. The molecule has 1 aromatic carbocycles. The van der Waals surface area contributed by atoms with Gasteiger partial charge in [-0.2, -0.15) is 16.8 Å². The zero-order valence-electron chi connectivity index (χ0n) is 11.5. The second-order valence-corrected chi connectivity index (χ2v) is 6.77. The summed E-state index contributed by atoms with van der Waals surface area (Å²) in [5, 5.41) is 0. The maximum absolute atomic E-state index is 10.6. The van der Waals surface area contributed by atoms with Crippen LogP contribution in [0.2, 0.25) is 0 Å². The van der Waals surface area contributed by atoms with Gasteiger partial charge >= 0.3 is 0 Å². The largest absolute Gasteiger partial charge is 0.490 e. The van der Waals surface area contributed by atoms with E-state index in [0.29, 0.717) is 6.10 Å². The molecular formula is C16H19NO2S. The van der Waals surface area contributed by atoms with Crippen molar-refractivity contribution in [2.75, 3.05) is 11.5 Å². The first-order chi connectivity index (χ1) is 9.82. The van der Waals surface area contributed by atoms with Crippen LogP contribution in [0.15, 0.2) is 29.3 Å². The quantitative estimate of drug-likeness (QED) is 0.627. The van der Waals surface area contributed by atoms with Crippen LogP contribution in [-0.4, -0.2) is 23.7 Å². The SMILES string of the molecule is O=C=NC1(c2ccc(OC3CCSCC3)cc2)CCC1. The highest BCUT2D eigenvalue weighted by Crippen LogP contribution is 2.45. The highest BCUT2D eigenvalue weighted by Gasteiger charge is 2.38. The molecule has 20 heavy (non-hydrogen) atoms. The number of isocyanates is 1. The number of thioether (sulfide) groups is 1. The number of benzene rings is 1. The maximum Gasteiger partial charge on any atom is 0.235 e. The molecule has 1 aliphatic heterocycles. The molecule has 2 aliphatic rings. The van der Waals surface area contributed by atoms with Crippen LogP contribution in [-0.2, 0) is 10.3 Å². The highest BCUT2D eigenvalue weighted by atomic mass is 32.2. The molecule has 0 spiro atoms. The molecule has 0 unspecified atom stereocenters. The molecule has 4 heteroatoms. The van der Waals surface area contributed by atoms with Crippen molar-refractivity contribution in [1.82, 2.24) is 0 Å². The number of carbonyl (C=O) groups excluding carboxylic acids is 1. The molecule has 1 saturated heterocycles. The Labute approximate surface area is 123 Å². The predicted octanol–water partition coefficient (Wildman–Crippen LogP) is 3.68. The van der Waals surface area contributed by atoms with Crippen LogP contribution in [0.3, 0.4) is 0 Å². The van der Waals surface area contributed by atoms with Crippen molar-refractivity contribution in [3.05, 3.63) is 29.8 Å². The van der Waals surface area contributed by atoms with E-state index in [9.17, 15) is 4.79 Å². The Bertz CT molecular complexity index is 498. The van der Waals surface area contributed by atoms with Gasteiger partial charge in [-0.3, -0.25) is 0 Å². The lowest BCUT2D eigenvalue weighted by Crippen LogP contribution is -2.31. The van der Waals surface area contributed by atoms with Crippen molar-refractivity contribution in [3.8, 4) is 5.75 Å². The molecule has 1 heterocycles. The van der Waals surface area contributed by atoms with E-state index in [4.69, 9.17) is 4.74 Å². The smallest absolute Gasteiger partial charge is 0.235 e. The third-order valence-corrected chi connectivity index (χ3v) is 5.35. The van der Waals surface area contributed by atoms with Gasteiger partial charge in [0, 0.05) is 0 Å². The second kappa shape index (κ2) is 6.02. The Morgan fingerprint density at radius 1 is 1.20 bits per heavy atom. The summed E-state index contributed by atoms with van der Waals surface area (Å²) in [7, 11) is 0. The van der Waals surface area contributed by atoms with Gasteiger partial charge in [0.2, 0.25) is 6.08 Å². The van der Waals surface area contributed by atoms with Gasteiger partial charge in [-0.1, -0.05) is 12.1 Å². The van der Waals surface area contributed by atoms with Gasteiger partial charge in [-0.25, -0.2) is 4.79 Å². The molecule has 0 aromatic heterocycles. The summed E-state index contributed by atoms with van der Waals surface area (Å²) in [5.41, 5.74) is 0.806. The van der Waals surface area contributed by atoms with E-state index in [1.54, 1.807) is 6.08 Å². The number of nitrogens with zero attached hydrogens (tertiary/aromatic N) is 1. The van der Waals surface area contributed by atoms with E-state index < -0.39 is 0 Å².